The predicted molar refractivity (Wildman–Crippen MR) is 83.5 cm³/mol. The molecule has 1 aliphatic rings. The van der Waals surface area contributed by atoms with E-state index < -0.39 is 0 Å². The summed E-state index contributed by atoms with van der Waals surface area (Å²) in [5.74, 6) is 0.232. The van der Waals surface area contributed by atoms with Crippen LogP contribution in [0.15, 0.2) is 40.5 Å². The molecule has 114 valence electrons. The van der Waals surface area contributed by atoms with Crippen molar-refractivity contribution >= 4 is 29.8 Å². The van der Waals surface area contributed by atoms with Gasteiger partial charge in [-0.25, -0.2) is 10.9 Å². The Morgan fingerprint density at radius 1 is 1.50 bits per heavy atom. The van der Waals surface area contributed by atoms with Crippen molar-refractivity contribution in [2.45, 2.75) is 12.8 Å². The Bertz CT molecular complexity index is 650. The van der Waals surface area contributed by atoms with E-state index in [0.29, 0.717) is 5.71 Å². The lowest BCUT2D eigenvalue weighted by atomic mass is 10.2. The third kappa shape index (κ3) is 4.55. The Balaban J connectivity index is 1.79. The van der Waals surface area contributed by atoms with E-state index in [0.717, 1.165) is 11.3 Å². The molecule has 1 aromatic rings. The maximum Gasteiger partial charge on any atom is 0.245 e. The third-order valence-electron chi connectivity index (χ3n) is 2.83. The second-order valence-corrected chi connectivity index (χ2v) is 4.48. The minimum absolute atomic E-state index is 0.0479. The SMILES string of the molecule is COc1ccccc1C=CC=NNC(=O)CC1=NNC(=O)C1. The molecule has 0 radical (unpaired) electrons. The summed E-state index contributed by atoms with van der Waals surface area (Å²) in [4.78, 5) is 22.5. The summed E-state index contributed by atoms with van der Waals surface area (Å²) in [6, 6.07) is 7.55. The van der Waals surface area contributed by atoms with Crippen molar-refractivity contribution in [3.05, 3.63) is 35.9 Å². The quantitative estimate of drug-likeness (QED) is 0.608. The number of nitrogens with one attached hydrogen (secondary N) is 2. The van der Waals surface area contributed by atoms with Gasteiger partial charge < -0.3 is 4.74 Å². The molecule has 2 N–H and O–H groups in total. The number of carbonyl (C=O) groups excluding carboxylic acids is 2. The number of methoxy groups -OCH3 is 1. The summed E-state index contributed by atoms with van der Waals surface area (Å²) in [6.45, 7) is 0. The normalized spacial score (nSPS) is 14.2. The largest absolute Gasteiger partial charge is 0.496 e. The molecule has 0 bridgehead atoms. The van der Waals surface area contributed by atoms with Crippen LogP contribution in [0.1, 0.15) is 18.4 Å². The first-order valence-corrected chi connectivity index (χ1v) is 6.65. The van der Waals surface area contributed by atoms with Gasteiger partial charge in [0.25, 0.3) is 0 Å². The number of allylic oxidation sites excluding steroid dienone is 1. The van der Waals surface area contributed by atoms with Gasteiger partial charge in [0, 0.05) is 11.8 Å². The van der Waals surface area contributed by atoms with E-state index in [9.17, 15) is 9.59 Å². The first-order valence-electron chi connectivity index (χ1n) is 6.65. The number of nitrogens with zero attached hydrogens (tertiary/aromatic N) is 2. The smallest absolute Gasteiger partial charge is 0.245 e. The number of amides is 2. The molecule has 0 spiro atoms. The maximum absolute atomic E-state index is 11.6. The van der Waals surface area contributed by atoms with Crippen LogP contribution in [-0.2, 0) is 9.59 Å². The van der Waals surface area contributed by atoms with Crippen LogP contribution in [-0.4, -0.2) is 30.9 Å². The molecule has 7 nitrogen and oxygen atoms in total. The highest BCUT2D eigenvalue weighted by Gasteiger charge is 2.16. The average Bonchev–Trinajstić information content (AvgIpc) is 2.92. The maximum atomic E-state index is 11.6. The van der Waals surface area contributed by atoms with Crippen molar-refractivity contribution in [2.75, 3.05) is 7.11 Å². The van der Waals surface area contributed by atoms with Crippen molar-refractivity contribution in [3.63, 3.8) is 0 Å². The highest BCUT2D eigenvalue weighted by atomic mass is 16.5. The Morgan fingerprint density at radius 3 is 3.05 bits per heavy atom. The van der Waals surface area contributed by atoms with Crippen LogP contribution >= 0.6 is 0 Å². The number of para-hydroxylation sites is 1. The fourth-order valence-corrected chi connectivity index (χ4v) is 1.84. The first kappa shape index (κ1) is 15.4. The number of ether oxygens (including phenoxy) is 1. The minimum Gasteiger partial charge on any atom is -0.496 e. The van der Waals surface area contributed by atoms with Crippen LogP contribution in [0, 0.1) is 0 Å². The molecule has 0 aromatic heterocycles. The van der Waals surface area contributed by atoms with Gasteiger partial charge in [0.15, 0.2) is 0 Å². The summed E-state index contributed by atoms with van der Waals surface area (Å²) in [6.07, 6.45) is 5.18. The van der Waals surface area contributed by atoms with Gasteiger partial charge in [-0.3, -0.25) is 9.59 Å². The van der Waals surface area contributed by atoms with Crippen molar-refractivity contribution < 1.29 is 14.3 Å². The minimum atomic E-state index is -0.322. The number of carbonyl (C=O) groups is 2. The number of benzene rings is 1. The predicted octanol–water partition coefficient (Wildman–Crippen LogP) is 1.08. The lowest BCUT2D eigenvalue weighted by Gasteiger charge is -2.02. The van der Waals surface area contributed by atoms with E-state index in [-0.39, 0.29) is 24.7 Å². The number of hydrazone groups is 2. The summed E-state index contributed by atoms with van der Waals surface area (Å²) < 4.78 is 5.21. The van der Waals surface area contributed by atoms with Crippen LogP contribution in [0.3, 0.4) is 0 Å². The van der Waals surface area contributed by atoms with Crippen LogP contribution < -0.4 is 15.6 Å². The molecule has 2 rings (SSSR count). The average molecular weight is 300 g/mol. The molecule has 0 atom stereocenters. The highest BCUT2D eigenvalue weighted by Crippen LogP contribution is 2.18. The Hall–Kier alpha value is -2.96. The summed E-state index contributed by atoms with van der Waals surface area (Å²) in [5, 5.41) is 7.53. The topological polar surface area (TPSA) is 92.2 Å². The monoisotopic (exact) mass is 300 g/mol. The van der Waals surface area contributed by atoms with Crippen molar-refractivity contribution in [2.24, 2.45) is 10.2 Å². The second-order valence-electron chi connectivity index (χ2n) is 4.48. The van der Waals surface area contributed by atoms with Gasteiger partial charge in [0.2, 0.25) is 11.8 Å². The Morgan fingerprint density at radius 2 is 2.32 bits per heavy atom. The molecule has 7 heteroatoms. The Kier molecular flexibility index (Phi) is 5.42. The van der Waals surface area contributed by atoms with Crippen LogP contribution in [0.4, 0.5) is 0 Å². The van der Waals surface area contributed by atoms with Gasteiger partial charge in [-0.2, -0.15) is 10.2 Å². The van der Waals surface area contributed by atoms with E-state index >= 15 is 0 Å². The van der Waals surface area contributed by atoms with Crippen LogP contribution in [0.5, 0.6) is 5.75 Å². The van der Waals surface area contributed by atoms with Gasteiger partial charge in [0.1, 0.15) is 5.75 Å². The van der Waals surface area contributed by atoms with Crippen molar-refractivity contribution in [3.8, 4) is 5.75 Å². The standard InChI is InChI=1S/C15H16N4O3/c1-22-13-7-3-2-5-11(13)6-4-8-16-18-14(20)9-12-10-15(21)19-17-12/h2-8H,9-10H2,1H3,(H,18,20)(H,19,21). The van der Waals surface area contributed by atoms with E-state index in [4.69, 9.17) is 4.74 Å². The fourth-order valence-electron chi connectivity index (χ4n) is 1.84. The molecule has 22 heavy (non-hydrogen) atoms. The number of hydrogen-bond donors (Lipinski definition) is 2. The molecule has 1 aromatic carbocycles. The first-order chi connectivity index (χ1) is 10.7. The molecule has 1 heterocycles. The van der Waals surface area contributed by atoms with Gasteiger partial charge >= 0.3 is 0 Å². The van der Waals surface area contributed by atoms with Gasteiger partial charge in [-0.1, -0.05) is 18.2 Å². The molecular weight excluding hydrogens is 284 g/mol. The van der Waals surface area contributed by atoms with E-state index in [1.165, 1.54) is 6.21 Å². The van der Waals surface area contributed by atoms with Gasteiger partial charge in [-0.15, -0.1) is 0 Å². The van der Waals surface area contributed by atoms with E-state index in [2.05, 4.69) is 21.1 Å². The zero-order valence-electron chi connectivity index (χ0n) is 12.1. The molecular formula is C15H16N4O3. The third-order valence-corrected chi connectivity index (χ3v) is 2.83. The number of hydrogen-bond acceptors (Lipinski definition) is 5. The molecule has 0 saturated carbocycles. The lowest BCUT2D eigenvalue weighted by molar-refractivity contribution is -0.119. The Labute approximate surface area is 127 Å². The zero-order chi connectivity index (χ0) is 15.8. The van der Waals surface area contributed by atoms with Crippen LogP contribution in [0.2, 0.25) is 0 Å². The van der Waals surface area contributed by atoms with Gasteiger partial charge in [0.05, 0.1) is 25.7 Å². The number of rotatable bonds is 6. The molecule has 2 amide bonds. The van der Waals surface area contributed by atoms with E-state index in [1.54, 1.807) is 13.2 Å². The molecule has 0 unspecified atom stereocenters. The highest BCUT2D eigenvalue weighted by molar-refractivity contribution is 6.11. The van der Waals surface area contributed by atoms with E-state index in [1.807, 2.05) is 30.3 Å². The van der Waals surface area contributed by atoms with Crippen molar-refractivity contribution in [1.29, 1.82) is 0 Å². The van der Waals surface area contributed by atoms with Crippen LogP contribution in [0.25, 0.3) is 6.08 Å². The summed E-state index contributed by atoms with van der Waals surface area (Å²) in [7, 11) is 1.60. The lowest BCUT2D eigenvalue weighted by Crippen LogP contribution is -2.20. The summed E-state index contributed by atoms with van der Waals surface area (Å²) >= 11 is 0. The summed E-state index contributed by atoms with van der Waals surface area (Å²) in [5.41, 5.74) is 6.07. The van der Waals surface area contributed by atoms with Gasteiger partial charge in [-0.05, 0) is 18.2 Å². The zero-order valence-corrected chi connectivity index (χ0v) is 12.1. The fraction of sp³-hybridized carbons (Fsp3) is 0.200. The molecule has 0 fully saturated rings. The molecule has 1 aliphatic heterocycles. The van der Waals surface area contributed by atoms with Crippen molar-refractivity contribution in [1.82, 2.24) is 10.9 Å². The molecule has 0 saturated heterocycles. The second kappa shape index (κ2) is 7.72. The molecule has 0 aliphatic carbocycles.